The lowest BCUT2D eigenvalue weighted by atomic mass is 10.1. The second kappa shape index (κ2) is 7.74. The van der Waals surface area contributed by atoms with Crippen molar-refractivity contribution in [2.45, 2.75) is 24.0 Å². The highest BCUT2D eigenvalue weighted by atomic mass is 35.5. The van der Waals surface area contributed by atoms with Crippen LogP contribution in [0.25, 0.3) is 28.1 Å². The van der Waals surface area contributed by atoms with Crippen LogP contribution in [0.4, 0.5) is 13.2 Å². The molecule has 0 spiro atoms. The first-order valence-corrected chi connectivity index (χ1v) is 10.9. The number of halogens is 4. The van der Waals surface area contributed by atoms with Gasteiger partial charge in [0.05, 0.1) is 22.0 Å². The predicted molar refractivity (Wildman–Crippen MR) is 112 cm³/mol. The van der Waals surface area contributed by atoms with E-state index in [0.29, 0.717) is 28.7 Å². The van der Waals surface area contributed by atoms with Crippen molar-refractivity contribution in [3.8, 4) is 17.5 Å². The third-order valence-corrected chi connectivity index (χ3v) is 6.52. The summed E-state index contributed by atoms with van der Waals surface area (Å²) in [4.78, 5) is 8.00. The van der Waals surface area contributed by atoms with E-state index in [0.717, 1.165) is 18.0 Å². The van der Waals surface area contributed by atoms with Crippen molar-refractivity contribution in [2.24, 2.45) is 0 Å². The molecule has 32 heavy (non-hydrogen) atoms. The maximum atomic E-state index is 12.8. The SMILES string of the molecule is C[C@@H](NS(=O)(=O)c1ccc(-c2c(C#N)c3cc(Cl)cnc3n2C2=CC=C2)nc1)C(F)(F)F. The minimum absolute atomic E-state index is 0.225. The van der Waals surface area contributed by atoms with Crippen molar-refractivity contribution < 1.29 is 21.6 Å². The molecule has 1 atom stereocenters. The molecule has 12 heteroatoms. The molecule has 0 bridgehead atoms. The molecule has 4 rings (SSSR count). The second-order valence-corrected chi connectivity index (χ2v) is 9.06. The molecular formula is C20H13ClF3N5O2S. The van der Waals surface area contributed by atoms with Crippen LogP contribution in [0.3, 0.4) is 0 Å². The molecule has 0 saturated carbocycles. The van der Waals surface area contributed by atoms with E-state index in [1.165, 1.54) is 12.3 Å². The van der Waals surface area contributed by atoms with E-state index in [2.05, 4.69) is 16.0 Å². The molecule has 1 N–H and O–H groups in total. The van der Waals surface area contributed by atoms with E-state index in [4.69, 9.17) is 11.6 Å². The van der Waals surface area contributed by atoms with Crippen LogP contribution in [0, 0.1) is 11.3 Å². The Morgan fingerprint density at radius 1 is 1.25 bits per heavy atom. The molecular weight excluding hydrogens is 467 g/mol. The fourth-order valence-electron chi connectivity index (χ4n) is 3.12. The van der Waals surface area contributed by atoms with E-state index < -0.39 is 27.1 Å². The normalized spacial score (nSPS) is 14.7. The summed E-state index contributed by atoms with van der Waals surface area (Å²) in [6.07, 6.45) is 3.02. The fraction of sp³-hybridized carbons (Fsp3) is 0.150. The first-order valence-electron chi connectivity index (χ1n) is 9.07. The standard InChI is InChI=1S/C20H13ClF3N5O2S/c1-11(20(22,23)24)28-32(30,31)14-5-6-17(26-10-14)18-16(8-25)15-7-12(21)9-27-19(15)29(18)13-3-2-4-13/h2-7,9-11,28H,1H3/t11-/m1/s1. The number of hydrogen-bond acceptors (Lipinski definition) is 5. The monoisotopic (exact) mass is 479 g/mol. The van der Waals surface area contributed by atoms with Gasteiger partial charge in [0.1, 0.15) is 22.7 Å². The third kappa shape index (κ3) is 3.77. The van der Waals surface area contributed by atoms with Gasteiger partial charge in [0, 0.05) is 23.5 Å². The smallest absolute Gasteiger partial charge is 0.291 e. The van der Waals surface area contributed by atoms with Crippen LogP contribution in [0.1, 0.15) is 12.5 Å². The Morgan fingerprint density at radius 3 is 2.50 bits per heavy atom. The van der Waals surface area contributed by atoms with E-state index in [-0.39, 0.29) is 11.3 Å². The lowest BCUT2D eigenvalue weighted by molar-refractivity contribution is -0.147. The van der Waals surface area contributed by atoms with Crippen molar-refractivity contribution in [1.82, 2.24) is 19.3 Å². The van der Waals surface area contributed by atoms with Gasteiger partial charge in [-0.3, -0.25) is 9.55 Å². The highest BCUT2D eigenvalue weighted by molar-refractivity contribution is 7.89. The number of nitrogens with one attached hydrogen (secondary N) is 1. The molecule has 7 nitrogen and oxygen atoms in total. The lowest BCUT2D eigenvalue weighted by Crippen LogP contribution is -2.42. The van der Waals surface area contributed by atoms with Crippen LogP contribution in [0.15, 0.2) is 53.7 Å². The summed E-state index contributed by atoms with van der Waals surface area (Å²) in [7, 11) is -4.46. The van der Waals surface area contributed by atoms with Gasteiger partial charge in [-0.1, -0.05) is 17.7 Å². The van der Waals surface area contributed by atoms with Crippen molar-refractivity contribution >= 4 is 38.4 Å². The maximum absolute atomic E-state index is 12.8. The highest BCUT2D eigenvalue weighted by Gasteiger charge is 2.39. The van der Waals surface area contributed by atoms with Crippen LogP contribution in [0.5, 0.6) is 0 Å². The second-order valence-electron chi connectivity index (χ2n) is 6.91. The zero-order valence-corrected chi connectivity index (χ0v) is 17.8. The van der Waals surface area contributed by atoms with Crippen LogP contribution in [0.2, 0.25) is 5.02 Å². The van der Waals surface area contributed by atoms with E-state index in [9.17, 15) is 26.9 Å². The Bertz CT molecular complexity index is 1440. The Morgan fingerprint density at radius 2 is 1.97 bits per heavy atom. The van der Waals surface area contributed by atoms with Crippen molar-refractivity contribution in [1.29, 1.82) is 5.26 Å². The number of sulfonamides is 1. The van der Waals surface area contributed by atoms with E-state index in [1.54, 1.807) is 33.6 Å². The quantitative estimate of drug-likeness (QED) is 0.589. The Labute approximate surface area is 185 Å². The van der Waals surface area contributed by atoms with Gasteiger partial charge < -0.3 is 0 Å². The molecule has 1 aliphatic rings. The average Bonchev–Trinajstić information content (AvgIpc) is 2.99. The average molecular weight is 480 g/mol. The van der Waals surface area contributed by atoms with Crippen LogP contribution < -0.4 is 4.72 Å². The summed E-state index contributed by atoms with van der Waals surface area (Å²) in [5.41, 5.74) is 1.99. The minimum Gasteiger partial charge on any atom is -0.291 e. The Balaban J connectivity index is 1.82. The number of allylic oxidation sites excluding steroid dienone is 4. The summed E-state index contributed by atoms with van der Waals surface area (Å²) >= 11 is 6.05. The van der Waals surface area contributed by atoms with Gasteiger partial charge in [-0.15, -0.1) is 0 Å². The number of aromatic nitrogens is 3. The first kappa shape index (κ1) is 22.0. The topological polar surface area (TPSA) is 101 Å². The zero-order chi connectivity index (χ0) is 23.3. The maximum Gasteiger partial charge on any atom is 0.404 e. The van der Waals surface area contributed by atoms with Gasteiger partial charge in [0.15, 0.2) is 0 Å². The molecule has 0 saturated heterocycles. The van der Waals surface area contributed by atoms with E-state index in [1.807, 2.05) is 0 Å². The minimum atomic E-state index is -4.73. The number of rotatable bonds is 5. The summed E-state index contributed by atoms with van der Waals surface area (Å²) in [6, 6.07) is 3.88. The summed E-state index contributed by atoms with van der Waals surface area (Å²) in [5, 5.41) is 10.6. The number of hydrogen-bond donors (Lipinski definition) is 1. The van der Waals surface area contributed by atoms with Gasteiger partial charge in [-0.2, -0.15) is 23.2 Å². The Hall–Kier alpha value is -3.20. The highest BCUT2D eigenvalue weighted by Crippen LogP contribution is 2.37. The number of nitrogens with zero attached hydrogens (tertiary/aromatic N) is 4. The molecule has 0 radical (unpaired) electrons. The molecule has 3 aromatic heterocycles. The van der Waals surface area contributed by atoms with Crippen LogP contribution in [-0.4, -0.2) is 35.2 Å². The van der Waals surface area contributed by atoms with Crippen LogP contribution in [-0.2, 0) is 10.0 Å². The van der Waals surface area contributed by atoms with Crippen LogP contribution >= 0.6 is 11.6 Å². The molecule has 0 fully saturated rings. The first-order chi connectivity index (χ1) is 15.0. The summed E-state index contributed by atoms with van der Waals surface area (Å²) in [6.45, 7) is 0.703. The predicted octanol–water partition coefficient (Wildman–Crippen LogP) is 4.26. The zero-order valence-electron chi connectivity index (χ0n) is 16.2. The number of nitriles is 1. The molecule has 3 heterocycles. The Kier molecular flexibility index (Phi) is 5.32. The van der Waals surface area contributed by atoms with Gasteiger partial charge >= 0.3 is 6.18 Å². The molecule has 0 amide bonds. The third-order valence-electron chi connectivity index (χ3n) is 4.79. The number of fused-ring (bicyclic) bond motifs is 1. The van der Waals surface area contributed by atoms with Gasteiger partial charge in [0.2, 0.25) is 10.0 Å². The van der Waals surface area contributed by atoms with E-state index >= 15 is 0 Å². The molecule has 3 aromatic rings. The number of alkyl halides is 3. The van der Waals surface area contributed by atoms with Gasteiger partial charge in [-0.05, 0) is 37.3 Å². The number of pyridine rings is 2. The summed E-state index contributed by atoms with van der Waals surface area (Å²) < 4.78 is 66.1. The lowest BCUT2D eigenvalue weighted by Gasteiger charge is -2.17. The summed E-state index contributed by atoms with van der Waals surface area (Å²) in [5.74, 6) is 0. The molecule has 164 valence electrons. The molecule has 0 aliphatic heterocycles. The molecule has 1 aliphatic carbocycles. The largest absolute Gasteiger partial charge is 0.404 e. The van der Waals surface area contributed by atoms with Crippen molar-refractivity contribution in [2.75, 3.05) is 0 Å². The fourth-order valence-corrected chi connectivity index (χ4v) is 4.46. The van der Waals surface area contributed by atoms with Gasteiger partial charge in [-0.25, -0.2) is 13.4 Å². The van der Waals surface area contributed by atoms with Crippen molar-refractivity contribution in [3.63, 3.8) is 0 Å². The molecule has 0 aromatic carbocycles. The van der Waals surface area contributed by atoms with Gasteiger partial charge in [0.25, 0.3) is 0 Å². The van der Waals surface area contributed by atoms with Crippen molar-refractivity contribution in [3.05, 3.63) is 59.4 Å². The molecule has 0 unspecified atom stereocenters.